The largest absolute Gasteiger partial charge is 0.342 e. The standard InChI is InChI=1S/C14H18O2S2/c1-13(17-10-5-11-18-13)14(15-8-9-16-14)12-6-3-2-4-7-12/h2-4,6-7H,5,8-11H2,1H3. The van der Waals surface area contributed by atoms with Crippen molar-refractivity contribution in [2.75, 3.05) is 24.7 Å². The van der Waals surface area contributed by atoms with Crippen molar-refractivity contribution in [3.8, 4) is 0 Å². The van der Waals surface area contributed by atoms with E-state index in [4.69, 9.17) is 9.47 Å². The maximum Gasteiger partial charge on any atom is 0.219 e. The maximum atomic E-state index is 6.11. The van der Waals surface area contributed by atoms with E-state index < -0.39 is 5.79 Å². The minimum atomic E-state index is -0.579. The van der Waals surface area contributed by atoms with Crippen LogP contribution < -0.4 is 0 Å². The Labute approximate surface area is 117 Å². The van der Waals surface area contributed by atoms with Gasteiger partial charge in [0.15, 0.2) is 0 Å². The predicted octanol–water partition coefficient (Wildman–Crippen LogP) is 3.47. The second-order valence-corrected chi connectivity index (χ2v) is 7.96. The number of thioether (sulfide) groups is 2. The van der Waals surface area contributed by atoms with Crippen LogP contribution in [0.5, 0.6) is 0 Å². The molecule has 0 aliphatic carbocycles. The van der Waals surface area contributed by atoms with E-state index in [9.17, 15) is 0 Å². The van der Waals surface area contributed by atoms with Crippen LogP contribution in [0.3, 0.4) is 0 Å². The lowest BCUT2D eigenvalue weighted by Crippen LogP contribution is -2.47. The van der Waals surface area contributed by atoms with Crippen LogP contribution >= 0.6 is 23.5 Å². The summed E-state index contributed by atoms with van der Waals surface area (Å²) in [7, 11) is 0. The quantitative estimate of drug-likeness (QED) is 0.826. The molecule has 18 heavy (non-hydrogen) atoms. The summed E-state index contributed by atoms with van der Waals surface area (Å²) in [5.74, 6) is 1.79. The average molecular weight is 282 g/mol. The van der Waals surface area contributed by atoms with Gasteiger partial charge in [-0.3, -0.25) is 0 Å². The molecule has 2 fully saturated rings. The van der Waals surface area contributed by atoms with Crippen LogP contribution in [-0.2, 0) is 15.3 Å². The Morgan fingerprint density at radius 1 is 1.00 bits per heavy atom. The Hall–Kier alpha value is -0.160. The van der Waals surface area contributed by atoms with E-state index in [-0.39, 0.29) is 4.08 Å². The van der Waals surface area contributed by atoms with E-state index in [2.05, 4.69) is 31.2 Å². The van der Waals surface area contributed by atoms with Crippen molar-refractivity contribution in [2.45, 2.75) is 23.2 Å². The second-order valence-electron chi connectivity index (χ2n) is 4.68. The highest BCUT2D eigenvalue weighted by molar-refractivity contribution is 8.18. The first-order valence-electron chi connectivity index (χ1n) is 6.38. The molecular weight excluding hydrogens is 264 g/mol. The predicted molar refractivity (Wildman–Crippen MR) is 78.0 cm³/mol. The lowest BCUT2D eigenvalue weighted by molar-refractivity contribution is -0.170. The van der Waals surface area contributed by atoms with Crippen molar-refractivity contribution in [2.24, 2.45) is 0 Å². The first-order valence-corrected chi connectivity index (χ1v) is 8.35. The molecule has 2 aliphatic heterocycles. The Morgan fingerprint density at radius 3 is 2.22 bits per heavy atom. The van der Waals surface area contributed by atoms with Crippen molar-refractivity contribution in [3.05, 3.63) is 35.9 Å². The molecule has 0 saturated carbocycles. The molecule has 0 bridgehead atoms. The van der Waals surface area contributed by atoms with Gasteiger partial charge in [-0.1, -0.05) is 30.3 Å². The van der Waals surface area contributed by atoms with Crippen molar-refractivity contribution in [1.82, 2.24) is 0 Å². The lowest BCUT2D eigenvalue weighted by atomic mass is 10.0. The van der Waals surface area contributed by atoms with Gasteiger partial charge in [0.25, 0.3) is 0 Å². The van der Waals surface area contributed by atoms with E-state index in [0.717, 1.165) is 5.56 Å². The number of hydrogen-bond acceptors (Lipinski definition) is 4. The molecule has 0 aromatic heterocycles. The molecule has 2 saturated heterocycles. The normalized spacial score (nSPS) is 26.1. The van der Waals surface area contributed by atoms with Gasteiger partial charge < -0.3 is 9.47 Å². The third-order valence-corrected chi connectivity index (χ3v) is 6.82. The Bertz CT molecular complexity index is 396. The molecule has 0 amide bonds. The molecule has 1 aromatic carbocycles. The number of ether oxygens (including phenoxy) is 2. The summed E-state index contributed by atoms with van der Waals surface area (Å²) in [4.78, 5) is 0. The summed E-state index contributed by atoms with van der Waals surface area (Å²) >= 11 is 3.94. The fraction of sp³-hybridized carbons (Fsp3) is 0.571. The van der Waals surface area contributed by atoms with Crippen LogP contribution in [-0.4, -0.2) is 28.8 Å². The van der Waals surface area contributed by atoms with Crippen LogP contribution in [0.2, 0.25) is 0 Å². The molecular formula is C14H18O2S2. The third kappa shape index (κ3) is 1.99. The minimum Gasteiger partial charge on any atom is -0.342 e. The average Bonchev–Trinajstić information content (AvgIpc) is 2.92. The topological polar surface area (TPSA) is 18.5 Å². The monoisotopic (exact) mass is 282 g/mol. The highest BCUT2D eigenvalue weighted by Gasteiger charge is 2.55. The highest BCUT2D eigenvalue weighted by atomic mass is 32.2. The molecule has 3 rings (SSSR count). The van der Waals surface area contributed by atoms with Crippen molar-refractivity contribution in [1.29, 1.82) is 0 Å². The molecule has 0 unspecified atom stereocenters. The van der Waals surface area contributed by atoms with Gasteiger partial charge >= 0.3 is 0 Å². The van der Waals surface area contributed by atoms with Gasteiger partial charge in [-0.05, 0) is 24.9 Å². The van der Waals surface area contributed by atoms with Crippen LogP contribution in [0.15, 0.2) is 30.3 Å². The van der Waals surface area contributed by atoms with E-state index in [1.54, 1.807) is 0 Å². The van der Waals surface area contributed by atoms with Gasteiger partial charge in [0.05, 0.1) is 13.2 Å². The molecule has 2 aliphatic rings. The van der Waals surface area contributed by atoms with Gasteiger partial charge in [-0.25, -0.2) is 0 Å². The number of benzene rings is 1. The molecule has 0 N–H and O–H groups in total. The third-order valence-electron chi connectivity index (χ3n) is 3.49. The lowest BCUT2D eigenvalue weighted by Gasteiger charge is -2.45. The Kier molecular flexibility index (Phi) is 3.63. The summed E-state index contributed by atoms with van der Waals surface area (Å²) in [5, 5.41) is 0. The Balaban J connectivity index is 2.01. The molecule has 2 nitrogen and oxygen atoms in total. The zero-order valence-corrected chi connectivity index (χ0v) is 12.2. The van der Waals surface area contributed by atoms with E-state index in [1.807, 2.05) is 29.6 Å². The number of rotatable bonds is 2. The first kappa shape index (κ1) is 12.9. The van der Waals surface area contributed by atoms with Gasteiger partial charge in [0.2, 0.25) is 5.79 Å². The van der Waals surface area contributed by atoms with Crippen molar-refractivity contribution in [3.63, 3.8) is 0 Å². The fourth-order valence-corrected chi connectivity index (χ4v) is 5.81. The molecule has 98 valence electrons. The summed E-state index contributed by atoms with van der Waals surface area (Å²) in [6, 6.07) is 10.4. The smallest absolute Gasteiger partial charge is 0.219 e. The molecule has 4 heteroatoms. The van der Waals surface area contributed by atoms with E-state index >= 15 is 0 Å². The second kappa shape index (κ2) is 5.08. The minimum absolute atomic E-state index is 0.0525. The SMILES string of the molecule is CC1(C2(c3ccccc3)OCCO2)SCCCS1. The maximum absolute atomic E-state index is 6.11. The zero-order valence-electron chi connectivity index (χ0n) is 10.6. The van der Waals surface area contributed by atoms with Crippen LogP contribution in [0.25, 0.3) is 0 Å². The molecule has 1 aromatic rings. The molecule has 0 radical (unpaired) electrons. The summed E-state index contributed by atoms with van der Waals surface area (Å²) in [5.41, 5.74) is 1.15. The van der Waals surface area contributed by atoms with Gasteiger partial charge in [0, 0.05) is 5.56 Å². The molecule has 0 atom stereocenters. The highest BCUT2D eigenvalue weighted by Crippen LogP contribution is 2.56. The van der Waals surface area contributed by atoms with Crippen molar-refractivity contribution >= 4 is 23.5 Å². The summed E-state index contributed by atoms with van der Waals surface area (Å²) in [6.45, 7) is 3.64. The Morgan fingerprint density at radius 2 is 1.61 bits per heavy atom. The number of hydrogen-bond donors (Lipinski definition) is 0. The fourth-order valence-electron chi connectivity index (χ4n) is 2.59. The van der Waals surface area contributed by atoms with Crippen LogP contribution in [0.4, 0.5) is 0 Å². The van der Waals surface area contributed by atoms with Crippen LogP contribution in [0, 0.1) is 0 Å². The molecule has 0 spiro atoms. The van der Waals surface area contributed by atoms with Gasteiger partial charge in [-0.2, -0.15) is 0 Å². The van der Waals surface area contributed by atoms with E-state index in [1.165, 1.54) is 17.9 Å². The van der Waals surface area contributed by atoms with Crippen molar-refractivity contribution < 1.29 is 9.47 Å². The van der Waals surface area contributed by atoms with Gasteiger partial charge in [-0.15, -0.1) is 23.5 Å². The zero-order chi connectivity index (χ0) is 12.5. The van der Waals surface area contributed by atoms with Crippen LogP contribution in [0.1, 0.15) is 18.9 Å². The summed E-state index contributed by atoms with van der Waals surface area (Å²) in [6.07, 6.45) is 1.27. The van der Waals surface area contributed by atoms with Gasteiger partial charge in [0.1, 0.15) is 4.08 Å². The first-order chi connectivity index (χ1) is 8.77. The molecule has 2 heterocycles. The summed E-state index contributed by atoms with van der Waals surface area (Å²) < 4.78 is 12.2. The van der Waals surface area contributed by atoms with E-state index in [0.29, 0.717) is 13.2 Å².